The molecule has 1 aromatic carbocycles. The smallest absolute Gasteiger partial charge is 0.270 e. The number of carbonyl (C=O) groups is 1. The second-order valence-electron chi connectivity index (χ2n) is 4.46. The number of carbonyl (C=O) groups excluding carboxylic acids is 1. The molecule has 0 saturated heterocycles. The van der Waals surface area contributed by atoms with Crippen LogP contribution in [0.4, 0.5) is 0 Å². The van der Waals surface area contributed by atoms with Crippen LogP contribution < -0.4 is 11.1 Å². The van der Waals surface area contributed by atoms with E-state index in [1.54, 1.807) is 12.1 Å². The molecule has 0 aliphatic heterocycles. The van der Waals surface area contributed by atoms with Gasteiger partial charge in [-0.15, -0.1) is 0 Å². The molecule has 0 radical (unpaired) electrons. The molecule has 0 aliphatic rings. The van der Waals surface area contributed by atoms with Gasteiger partial charge in [0.05, 0.1) is 0 Å². The molecule has 4 nitrogen and oxygen atoms in total. The highest BCUT2D eigenvalue weighted by Gasteiger charge is 2.07. The Morgan fingerprint density at radius 1 is 1.25 bits per heavy atom. The normalized spacial score (nSPS) is 10.1. The van der Waals surface area contributed by atoms with Crippen LogP contribution in [0.5, 0.6) is 0 Å². The van der Waals surface area contributed by atoms with Crippen molar-refractivity contribution >= 4 is 23.1 Å². The minimum absolute atomic E-state index is 0.222. The highest BCUT2D eigenvalue weighted by atomic mass is 32.1. The van der Waals surface area contributed by atoms with Crippen LogP contribution in [0.15, 0.2) is 42.6 Å². The van der Waals surface area contributed by atoms with Crippen LogP contribution in [-0.4, -0.2) is 15.9 Å². The lowest BCUT2D eigenvalue weighted by atomic mass is 10.1. The molecule has 0 unspecified atom stereocenters. The number of thiocarbonyl (C=S) groups is 1. The van der Waals surface area contributed by atoms with Gasteiger partial charge in [-0.2, -0.15) is 0 Å². The molecule has 1 aromatic heterocycles. The van der Waals surface area contributed by atoms with Crippen molar-refractivity contribution in [2.24, 2.45) is 5.73 Å². The number of rotatable bonds is 4. The third kappa shape index (κ3) is 3.61. The lowest BCUT2D eigenvalue weighted by Crippen LogP contribution is -2.24. The van der Waals surface area contributed by atoms with E-state index < -0.39 is 0 Å². The fourth-order valence-corrected chi connectivity index (χ4v) is 1.77. The molecule has 0 aliphatic carbocycles. The topological polar surface area (TPSA) is 68.0 Å². The van der Waals surface area contributed by atoms with Gasteiger partial charge in [0.2, 0.25) is 0 Å². The van der Waals surface area contributed by atoms with E-state index in [0.29, 0.717) is 17.8 Å². The van der Waals surface area contributed by atoms with E-state index >= 15 is 0 Å². The Kier molecular flexibility index (Phi) is 4.42. The summed E-state index contributed by atoms with van der Waals surface area (Å²) in [4.78, 5) is 16.2. The predicted molar refractivity (Wildman–Crippen MR) is 82.5 cm³/mol. The van der Waals surface area contributed by atoms with Gasteiger partial charge in [-0.05, 0) is 24.6 Å². The van der Waals surface area contributed by atoms with Crippen molar-refractivity contribution in [3.63, 3.8) is 0 Å². The van der Waals surface area contributed by atoms with Crippen LogP contribution in [0, 0.1) is 6.92 Å². The number of nitrogens with zero attached hydrogens (tertiary/aromatic N) is 1. The molecule has 2 rings (SSSR count). The summed E-state index contributed by atoms with van der Waals surface area (Å²) >= 11 is 4.83. The summed E-state index contributed by atoms with van der Waals surface area (Å²) in [5.41, 5.74) is 8.71. The third-order valence-electron chi connectivity index (χ3n) is 2.85. The predicted octanol–water partition coefficient (Wildman–Crippen LogP) is 1.95. The van der Waals surface area contributed by atoms with Crippen molar-refractivity contribution in [2.75, 3.05) is 0 Å². The number of aryl methyl sites for hydroxylation is 1. The first-order chi connectivity index (χ1) is 9.56. The second kappa shape index (κ2) is 6.25. The molecule has 2 aromatic rings. The molecular weight excluding hydrogens is 270 g/mol. The Bertz CT molecular complexity index is 621. The molecule has 5 heteroatoms. The number of aromatic nitrogens is 1. The highest BCUT2D eigenvalue weighted by Crippen LogP contribution is 2.04. The number of benzene rings is 1. The van der Waals surface area contributed by atoms with Crippen LogP contribution in [0.2, 0.25) is 0 Å². The van der Waals surface area contributed by atoms with E-state index in [9.17, 15) is 4.79 Å². The van der Waals surface area contributed by atoms with Crippen molar-refractivity contribution < 1.29 is 4.79 Å². The van der Waals surface area contributed by atoms with Gasteiger partial charge in [0.1, 0.15) is 10.7 Å². The molecule has 1 amide bonds. The van der Waals surface area contributed by atoms with Gasteiger partial charge in [0.15, 0.2) is 0 Å². The van der Waals surface area contributed by atoms with Gasteiger partial charge >= 0.3 is 0 Å². The van der Waals surface area contributed by atoms with Gasteiger partial charge in [0, 0.05) is 18.3 Å². The van der Waals surface area contributed by atoms with Crippen LogP contribution >= 0.6 is 12.2 Å². The molecule has 0 saturated carbocycles. The molecule has 20 heavy (non-hydrogen) atoms. The number of hydrogen-bond donors (Lipinski definition) is 2. The summed E-state index contributed by atoms with van der Waals surface area (Å²) in [6.45, 7) is 2.49. The maximum Gasteiger partial charge on any atom is 0.270 e. The van der Waals surface area contributed by atoms with Crippen molar-refractivity contribution in [3.8, 4) is 0 Å². The van der Waals surface area contributed by atoms with Gasteiger partial charge in [0.25, 0.3) is 5.91 Å². The molecule has 0 bridgehead atoms. The maximum absolute atomic E-state index is 11.9. The van der Waals surface area contributed by atoms with Gasteiger partial charge < -0.3 is 11.1 Å². The van der Waals surface area contributed by atoms with Crippen molar-refractivity contribution in [3.05, 3.63) is 65.0 Å². The molecule has 0 fully saturated rings. The Morgan fingerprint density at radius 2 is 1.95 bits per heavy atom. The van der Waals surface area contributed by atoms with Crippen LogP contribution in [-0.2, 0) is 6.54 Å². The Labute approximate surface area is 123 Å². The molecular formula is C15H15N3OS. The minimum Gasteiger partial charge on any atom is -0.389 e. The Balaban J connectivity index is 1.97. The summed E-state index contributed by atoms with van der Waals surface area (Å²) in [5.74, 6) is -0.222. The monoisotopic (exact) mass is 285 g/mol. The number of pyridine rings is 1. The van der Waals surface area contributed by atoms with Gasteiger partial charge in [-0.3, -0.25) is 9.78 Å². The zero-order valence-corrected chi connectivity index (χ0v) is 11.9. The first kappa shape index (κ1) is 14.1. The van der Waals surface area contributed by atoms with Gasteiger partial charge in [-0.1, -0.05) is 42.0 Å². The van der Waals surface area contributed by atoms with Crippen molar-refractivity contribution in [1.29, 1.82) is 0 Å². The Morgan fingerprint density at radius 3 is 2.50 bits per heavy atom. The van der Waals surface area contributed by atoms with E-state index in [1.165, 1.54) is 11.8 Å². The van der Waals surface area contributed by atoms with Crippen LogP contribution in [0.1, 0.15) is 27.2 Å². The fourth-order valence-electron chi connectivity index (χ4n) is 1.65. The summed E-state index contributed by atoms with van der Waals surface area (Å²) < 4.78 is 0. The number of hydrogen-bond acceptors (Lipinski definition) is 3. The van der Waals surface area contributed by atoms with E-state index in [2.05, 4.69) is 10.3 Å². The second-order valence-corrected chi connectivity index (χ2v) is 4.90. The first-order valence-electron chi connectivity index (χ1n) is 6.16. The standard InChI is InChI=1S/C15H15N3OS/c1-10-2-4-11(5-3-10)8-18-15(19)13-7-6-12(9-17-13)14(16)20/h2-7,9H,8H2,1H3,(H2,16,20)(H,18,19). The average molecular weight is 285 g/mol. The summed E-state index contributed by atoms with van der Waals surface area (Å²) in [6.07, 6.45) is 1.50. The van der Waals surface area contributed by atoms with E-state index in [1.807, 2.05) is 31.2 Å². The summed E-state index contributed by atoms with van der Waals surface area (Å²) in [6, 6.07) is 11.3. The number of nitrogens with two attached hydrogens (primary N) is 1. The first-order valence-corrected chi connectivity index (χ1v) is 6.56. The zero-order chi connectivity index (χ0) is 14.5. The SMILES string of the molecule is Cc1ccc(CNC(=O)c2ccc(C(N)=S)cn2)cc1. The van der Waals surface area contributed by atoms with Crippen LogP contribution in [0.3, 0.4) is 0 Å². The lowest BCUT2D eigenvalue weighted by Gasteiger charge is -2.06. The summed E-state index contributed by atoms with van der Waals surface area (Å²) in [7, 11) is 0. The quantitative estimate of drug-likeness (QED) is 0.843. The molecule has 102 valence electrons. The largest absolute Gasteiger partial charge is 0.389 e. The van der Waals surface area contributed by atoms with Crippen molar-refractivity contribution in [2.45, 2.75) is 13.5 Å². The van der Waals surface area contributed by atoms with Gasteiger partial charge in [-0.25, -0.2) is 0 Å². The average Bonchev–Trinajstić information content (AvgIpc) is 2.46. The highest BCUT2D eigenvalue weighted by molar-refractivity contribution is 7.80. The molecule has 0 atom stereocenters. The lowest BCUT2D eigenvalue weighted by molar-refractivity contribution is 0.0946. The van der Waals surface area contributed by atoms with E-state index in [0.717, 1.165) is 5.56 Å². The van der Waals surface area contributed by atoms with E-state index in [4.69, 9.17) is 18.0 Å². The zero-order valence-electron chi connectivity index (χ0n) is 11.1. The van der Waals surface area contributed by atoms with Crippen molar-refractivity contribution in [1.82, 2.24) is 10.3 Å². The van der Waals surface area contributed by atoms with E-state index in [-0.39, 0.29) is 10.9 Å². The minimum atomic E-state index is -0.222. The van der Waals surface area contributed by atoms with Crippen LogP contribution in [0.25, 0.3) is 0 Å². The number of amides is 1. The Hall–Kier alpha value is -2.27. The fraction of sp³-hybridized carbons (Fsp3) is 0.133. The number of nitrogens with one attached hydrogen (secondary N) is 1. The summed E-state index contributed by atoms with van der Waals surface area (Å²) in [5, 5.41) is 2.82. The third-order valence-corrected chi connectivity index (χ3v) is 3.09. The molecule has 3 N–H and O–H groups in total. The molecule has 0 spiro atoms. The maximum atomic E-state index is 11.9. The molecule has 1 heterocycles.